The number of allylic oxidation sites excluding steroid dienone is 1. The molecule has 1 aliphatic rings. The highest BCUT2D eigenvalue weighted by molar-refractivity contribution is 5.81. The fourth-order valence-corrected chi connectivity index (χ4v) is 1.69. The van der Waals surface area contributed by atoms with Crippen LogP contribution in [0.25, 0.3) is 0 Å². The molecule has 0 amide bonds. The summed E-state index contributed by atoms with van der Waals surface area (Å²) in [6.45, 7) is 2.00. The van der Waals surface area contributed by atoms with Gasteiger partial charge in [0.1, 0.15) is 11.4 Å². The molecule has 22 heavy (non-hydrogen) atoms. The van der Waals surface area contributed by atoms with Gasteiger partial charge in [-0.15, -0.1) is 5.73 Å². The molecule has 2 atom stereocenters. The topological polar surface area (TPSA) is 86.3 Å². The molecule has 0 aliphatic carbocycles. The van der Waals surface area contributed by atoms with Crippen LogP contribution in [0.1, 0.15) is 19.8 Å². The molecule has 122 valence electrons. The van der Waals surface area contributed by atoms with Gasteiger partial charge in [0, 0.05) is 24.5 Å². The maximum Gasteiger partial charge on any atom is 0.425 e. The summed E-state index contributed by atoms with van der Waals surface area (Å²) in [6, 6.07) is -0.0889. The zero-order valence-corrected chi connectivity index (χ0v) is 12.5. The standard InChI is InChI=1S/C14H20F3N5/c1-9(20-2)3-5-11(7-18)22-13-12(19)6-4-10(8-21-13)14(15,16)17/h6-9,11,18,20,22H,3,5,19H2,1-2H3. The second-order valence-electron chi connectivity index (χ2n) is 4.95. The van der Waals surface area contributed by atoms with Crippen LogP contribution in [-0.2, 0) is 0 Å². The highest BCUT2D eigenvalue weighted by Crippen LogP contribution is 2.24. The van der Waals surface area contributed by atoms with Crippen LogP contribution in [0.15, 0.2) is 33.9 Å². The Bertz CT molecular complexity index is 527. The Morgan fingerprint density at radius 2 is 2.14 bits per heavy atom. The van der Waals surface area contributed by atoms with E-state index in [2.05, 4.69) is 21.4 Å². The van der Waals surface area contributed by atoms with Gasteiger partial charge in [-0.1, -0.05) is 0 Å². The predicted octanol–water partition coefficient (Wildman–Crippen LogP) is 1.84. The highest BCUT2D eigenvalue weighted by atomic mass is 19.4. The van der Waals surface area contributed by atoms with Gasteiger partial charge < -0.3 is 21.8 Å². The molecular weight excluding hydrogens is 295 g/mol. The van der Waals surface area contributed by atoms with Gasteiger partial charge in [0.05, 0.1) is 11.7 Å². The summed E-state index contributed by atoms with van der Waals surface area (Å²) in [5, 5.41) is 13.4. The summed E-state index contributed by atoms with van der Waals surface area (Å²) >= 11 is 0. The molecule has 1 rings (SSSR count). The highest BCUT2D eigenvalue weighted by Gasteiger charge is 2.33. The van der Waals surface area contributed by atoms with Crippen LogP contribution in [-0.4, -0.2) is 37.7 Å². The van der Waals surface area contributed by atoms with E-state index in [1.54, 1.807) is 0 Å². The van der Waals surface area contributed by atoms with E-state index >= 15 is 0 Å². The summed E-state index contributed by atoms with van der Waals surface area (Å²) in [4.78, 5) is 3.74. The third-order valence-electron chi connectivity index (χ3n) is 3.21. The van der Waals surface area contributed by atoms with Crippen LogP contribution >= 0.6 is 0 Å². The first-order valence-corrected chi connectivity index (χ1v) is 6.80. The van der Waals surface area contributed by atoms with Crippen molar-refractivity contribution in [1.29, 1.82) is 5.41 Å². The van der Waals surface area contributed by atoms with Crippen LogP contribution in [0.4, 0.5) is 13.2 Å². The molecule has 1 heterocycles. The zero-order valence-electron chi connectivity index (χ0n) is 12.5. The van der Waals surface area contributed by atoms with E-state index in [0.717, 1.165) is 12.5 Å². The Kier molecular flexibility index (Phi) is 6.39. The number of rotatable bonds is 7. The summed E-state index contributed by atoms with van der Waals surface area (Å²) < 4.78 is 37.9. The quantitative estimate of drug-likeness (QED) is 0.427. The Labute approximate surface area is 127 Å². The molecule has 0 spiro atoms. The third kappa shape index (κ3) is 5.38. The van der Waals surface area contributed by atoms with Gasteiger partial charge in [0.25, 0.3) is 0 Å². The van der Waals surface area contributed by atoms with Crippen molar-refractivity contribution >= 4 is 12.4 Å². The van der Waals surface area contributed by atoms with Crippen molar-refractivity contribution in [3.63, 3.8) is 0 Å². The lowest BCUT2D eigenvalue weighted by atomic mass is 10.1. The fraction of sp³-hybridized carbons (Fsp3) is 0.500. The second-order valence-corrected chi connectivity index (χ2v) is 4.95. The molecule has 1 aliphatic heterocycles. The van der Waals surface area contributed by atoms with E-state index in [1.807, 2.05) is 14.0 Å². The first-order valence-electron chi connectivity index (χ1n) is 6.80. The largest absolute Gasteiger partial charge is 0.425 e. The van der Waals surface area contributed by atoms with Crippen LogP contribution in [0.3, 0.4) is 0 Å². The van der Waals surface area contributed by atoms with E-state index in [4.69, 9.17) is 11.1 Å². The van der Waals surface area contributed by atoms with Gasteiger partial charge in [-0.05, 0) is 26.8 Å². The minimum atomic E-state index is -4.53. The van der Waals surface area contributed by atoms with Crippen molar-refractivity contribution in [1.82, 2.24) is 10.6 Å². The molecule has 0 bridgehead atoms. The molecule has 0 aromatic rings. The molecule has 0 aromatic carbocycles. The number of alkyl halides is 3. The van der Waals surface area contributed by atoms with Crippen molar-refractivity contribution < 1.29 is 13.2 Å². The number of nitrogens with one attached hydrogen (secondary N) is 3. The first-order chi connectivity index (χ1) is 10.3. The van der Waals surface area contributed by atoms with Crippen LogP contribution in [0.5, 0.6) is 0 Å². The minimum absolute atomic E-state index is 0.0454. The van der Waals surface area contributed by atoms with Crippen molar-refractivity contribution in [3.05, 3.63) is 28.9 Å². The number of hydrogen-bond acceptors (Lipinski definition) is 5. The Hall–Kier alpha value is -2.05. The molecule has 5 N–H and O–H groups in total. The van der Waals surface area contributed by atoms with E-state index in [0.29, 0.717) is 12.6 Å². The lowest BCUT2D eigenvalue weighted by molar-refractivity contribution is -0.0854. The molecule has 0 saturated heterocycles. The number of nitrogens with zero attached hydrogens (tertiary/aromatic N) is 1. The van der Waals surface area contributed by atoms with E-state index in [1.165, 1.54) is 6.21 Å². The molecular formula is C14H20F3N5. The lowest BCUT2D eigenvalue weighted by Gasteiger charge is -2.18. The van der Waals surface area contributed by atoms with Crippen LogP contribution in [0.2, 0.25) is 0 Å². The monoisotopic (exact) mass is 315 g/mol. The Morgan fingerprint density at radius 1 is 1.45 bits per heavy atom. The average Bonchev–Trinajstić information content (AvgIpc) is 2.64. The van der Waals surface area contributed by atoms with E-state index in [-0.39, 0.29) is 23.6 Å². The van der Waals surface area contributed by atoms with Gasteiger partial charge in [-0.25, -0.2) is 4.99 Å². The molecule has 0 saturated carbocycles. The maximum atomic E-state index is 12.6. The summed E-state index contributed by atoms with van der Waals surface area (Å²) in [6.07, 6.45) is -0.210. The number of aliphatic imine (C=N–C) groups is 1. The fourth-order valence-electron chi connectivity index (χ4n) is 1.69. The van der Waals surface area contributed by atoms with Gasteiger partial charge in [0.2, 0.25) is 0 Å². The van der Waals surface area contributed by atoms with Crippen molar-refractivity contribution in [2.45, 2.75) is 38.0 Å². The molecule has 0 radical (unpaired) electrons. The summed E-state index contributed by atoms with van der Waals surface area (Å²) in [7, 11) is 1.84. The molecule has 0 fully saturated rings. The third-order valence-corrected chi connectivity index (χ3v) is 3.21. The van der Waals surface area contributed by atoms with Gasteiger partial charge in [0.15, 0.2) is 0 Å². The average molecular weight is 315 g/mol. The summed E-state index contributed by atoms with van der Waals surface area (Å²) in [5.41, 5.74) is 6.81. The Balaban J connectivity index is 2.78. The molecule has 0 aromatic heterocycles. The van der Waals surface area contributed by atoms with E-state index < -0.39 is 11.7 Å². The second kappa shape index (κ2) is 7.82. The maximum absolute atomic E-state index is 12.6. The van der Waals surface area contributed by atoms with Crippen LogP contribution < -0.4 is 16.4 Å². The lowest BCUT2D eigenvalue weighted by Crippen LogP contribution is -2.33. The molecule has 8 heteroatoms. The Morgan fingerprint density at radius 3 is 2.68 bits per heavy atom. The smallest absolute Gasteiger partial charge is 0.395 e. The van der Waals surface area contributed by atoms with Crippen LogP contribution in [0, 0.1) is 5.41 Å². The normalized spacial score (nSPS) is 17.8. The SMILES string of the molecule is CNC(C)CCC(C=N)NC1=C(N)C=C=C(C(F)(F)F)C=N1. The first kappa shape index (κ1) is 18.0. The number of nitrogens with two attached hydrogens (primary N) is 1. The number of halogens is 3. The van der Waals surface area contributed by atoms with E-state index in [9.17, 15) is 13.2 Å². The predicted molar refractivity (Wildman–Crippen MR) is 80.8 cm³/mol. The van der Waals surface area contributed by atoms with Crippen molar-refractivity contribution in [2.75, 3.05) is 7.05 Å². The van der Waals surface area contributed by atoms with Gasteiger partial charge in [-0.3, -0.25) is 0 Å². The van der Waals surface area contributed by atoms with Gasteiger partial charge in [-0.2, -0.15) is 13.2 Å². The summed E-state index contributed by atoms with van der Waals surface area (Å²) in [5.74, 6) is 0.109. The minimum Gasteiger partial charge on any atom is -0.395 e. The van der Waals surface area contributed by atoms with Crippen molar-refractivity contribution in [3.8, 4) is 0 Å². The van der Waals surface area contributed by atoms with Gasteiger partial charge >= 0.3 is 6.18 Å². The number of hydrogen-bond donors (Lipinski definition) is 4. The molecule has 5 nitrogen and oxygen atoms in total. The molecule has 2 unspecified atom stereocenters. The zero-order chi connectivity index (χ0) is 16.8. The van der Waals surface area contributed by atoms with Crippen molar-refractivity contribution in [2.24, 2.45) is 10.7 Å².